The highest BCUT2D eigenvalue weighted by atomic mass is 35.5. The number of hydrogen-bond acceptors (Lipinski definition) is 3. The molecule has 0 aliphatic carbocycles. The number of fused-ring (bicyclic) bond motifs is 1. The van der Waals surface area contributed by atoms with Crippen molar-refractivity contribution in [2.24, 2.45) is 0 Å². The maximum Gasteiger partial charge on any atom is 0.156 e. The van der Waals surface area contributed by atoms with Crippen LogP contribution in [0.5, 0.6) is 0 Å². The lowest BCUT2D eigenvalue weighted by atomic mass is 10.2. The Hall–Kier alpha value is -1.85. The first kappa shape index (κ1) is 12.9. The Morgan fingerprint density at radius 1 is 1.29 bits per heavy atom. The number of aromatic nitrogens is 4. The monoisotopic (exact) mass is 302 g/mol. The van der Waals surface area contributed by atoms with E-state index in [9.17, 15) is 0 Å². The molecular weight excluding hydrogens is 288 g/mol. The van der Waals surface area contributed by atoms with Crippen LogP contribution in [-0.4, -0.2) is 25.8 Å². The lowest BCUT2D eigenvalue weighted by Crippen LogP contribution is -2.18. The normalized spacial score (nSPS) is 19.2. The molecule has 1 fully saturated rings. The summed E-state index contributed by atoms with van der Waals surface area (Å²) in [6, 6.07) is 3.85. The second-order valence-corrected chi connectivity index (χ2v) is 5.62. The predicted molar refractivity (Wildman–Crippen MR) is 80.3 cm³/mol. The second-order valence-electron chi connectivity index (χ2n) is 5.22. The molecule has 5 nitrogen and oxygen atoms in total. The third-order valence-electron chi connectivity index (χ3n) is 3.85. The average Bonchev–Trinajstić information content (AvgIpc) is 3.18. The van der Waals surface area contributed by atoms with E-state index in [-0.39, 0.29) is 6.23 Å². The standard InChI is InChI=1S/C15H15ClN4O/c16-12-4-5-13(19-7-6-17-15(12)19)11-9-18-20(10-11)14-3-1-2-8-21-14/h4-7,9-10,14H,1-3,8H2. The molecule has 0 saturated carbocycles. The Bertz CT molecular complexity index is 773. The fourth-order valence-corrected chi connectivity index (χ4v) is 2.98. The molecule has 0 amide bonds. The molecule has 4 rings (SSSR count). The van der Waals surface area contributed by atoms with Crippen molar-refractivity contribution in [1.82, 2.24) is 19.2 Å². The molecule has 21 heavy (non-hydrogen) atoms. The van der Waals surface area contributed by atoms with Crippen molar-refractivity contribution in [2.45, 2.75) is 25.5 Å². The summed E-state index contributed by atoms with van der Waals surface area (Å²) in [5, 5.41) is 5.10. The van der Waals surface area contributed by atoms with Crippen LogP contribution < -0.4 is 0 Å². The van der Waals surface area contributed by atoms with Crippen LogP contribution in [0.1, 0.15) is 25.5 Å². The molecule has 4 heterocycles. The van der Waals surface area contributed by atoms with Crippen LogP contribution in [0, 0.1) is 0 Å². The van der Waals surface area contributed by atoms with E-state index in [1.807, 2.05) is 39.8 Å². The van der Waals surface area contributed by atoms with Gasteiger partial charge in [0.2, 0.25) is 0 Å². The molecule has 0 bridgehead atoms. The van der Waals surface area contributed by atoms with Gasteiger partial charge in [-0.2, -0.15) is 5.10 Å². The number of rotatable bonds is 2. The fraction of sp³-hybridized carbons (Fsp3) is 0.333. The van der Waals surface area contributed by atoms with Gasteiger partial charge in [0.25, 0.3) is 0 Å². The largest absolute Gasteiger partial charge is 0.357 e. The number of hydrogen-bond donors (Lipinski definition) is 0. The van der Waals surface area contributed by atoms with Crippen LogP contribution in [0.4, 0.5) is 0 Å². The van der Waals surface area contributed by atoms with Crippen LogP contribution in [0.15, 0.2) is 36.9 Å². The van der Waals surface area contributed by atoms with Crippen molar-refractivity contribution in [1.29, 1.82) is 0 Å². The van der Waals surface area contributed by atoms with Crippen molar-refractivity contribution >= 4 is 17.2 Å². The topological polar surface area (TPSA) is 44.4 Å². The predicted octanol–water partition coefficient (Wildman–Crippen LogP) is 3.55. The van der Waals surface area contributed by atoms with E-state index in [2.05, 4.69) is 10.1 Å². The Kier molecular flexibility index (Phi) is 3.16. The zero-order valence-electron chi connectivity index (χ0n) is 11.4. The second kappa shape index (κ2) is 5.16. The van der Waals surface area contributed by atoms with E-state index >= 15 is 0 Å². The van der Waals surface area contributed by atoms with Gasteiger partial charge < -0.3 is 4.74 Å². The molecule has 3 aromatic rings. The minimum atomic E-state index is 0.0538. The first-order chi connectivity index (χ1) is 10.3. The van der Waals surface area contributed by atoms with Crippen LogP contribution in [0.25, 0.3) is 16.9 Å². The van der Waals surface area contributed by atoms with Gasteiger partial charge in [-0.15, -0.1) is 0 Å². The van der Waals surface area contributed by atoms with Gasteiger partial charge in [0.1, 0.15) is 6.23 Å². The minimum absolute atomic E-state index is 0.0538. The molecule has 1 aliphatic heterocycles. The molecule has 3 aromatic heterocycles. The Balaban J connectivity index is 1.74. The summed E-state index contributed by atoms with van der Waals surface area (Å²) >= 11 is 6.16. The highest BCUT2D eigenvalue weighted by Crippen LogP contribution is 2.27. The van der Waals surface area contributed by atoms with Gasteiger partial charge in [0.05, 0.1) is 16.9 Å². The maximum atomic E-state index is 6.16. The Morgan fingerprint density at radius 3 is 3.10 bits per heavy atom. The lowest BCUT2D eigenvalue weighted by molar-refractivity contribution is -0.0394. The smallest absolute Gasteiger partial charge is 0.156 e. The SMILES string of the molecule is Clc1ccc(-c2cnn(C3CCCCO3)c2)n2ccnc12. The zero-order valence-corrected chi connectivity index (χ0v) is 12.2. The number of pyridine rings is 1. The highest BCUT2D eigenvalue weighted by molar-refractivity contribution is 6.33. The molecule has 0 N–H and O–H groups in total. The van der Waals surface area contributed by atoms with Crippen LogP contribution in [0.3, 0.4) is 0 Å². The van der Waals surface area contributed by atoms with Crippen molar-refractivity contribution in [3.8, 4) is 11.3 Å². The van der Waals surface area contributed by atoms with E-state index in [1.54, 1.807) is 6.20 Å². The number of ether oxygens (including phenoxy) is 1. The summed E-state index contributed by atoms with van der Waals surface area (Å²) in [7, 11) is 0. The van der Waals surface area contributed by atoms with E-state index in [4.69, 9.17) is 16.3 Å². The van der Waals surface area contributed by atoms with Crippen molar-refractivity contribution < 1.29 is 4.74 Å². The lowest BCUT2D eigenvalue weighted by Gasteiger charge is -2.22. The zero-order chi connectivity index (χ0) is 14.2. The first-order valence-electron chi connectivity index (χ1n) is 7.10. The third kappa shape index (κ3) is 2.22. The van der Waals surface area contributed by atoms with E-state index < -0.39 is 0 Å². The molecule has 0 spiro atoms. The summed E-state index contributed by atoms with van der Waals surface area (Å²) in [4.78, 5) is 4.28. The van der Waals surface area contributed by atoms with Crippen LogP contribution >= 0.6 is 11.6 Å². The fourth-order valence-electron chi connectivity index (χ4n) is 2.78. The van der Waals surface area contributed by atoms with Crippen molar-refractivity contribution in [3.63, 3.8) is 0 Å². The van der Waals surface area contributed by atoms with Gasteiger partial charge in [0, 0.05) is 30.8 Å². The molecule has 1 aliphatic rings. The van der Waals surface area contributed by atoms with Crippen molar-refractivity contribution in [3.05, 3.63) is 41.9 Å². The Morgan fingerprint density at radius 2 is 2.24 bits per heavy atom. The maximum absolute atomic E-state index is 6.16. The number of halogens is 1. The molecule has 6 heteroatoms. The van der Waals surface area contributed by atoms with Gasteiger partial charge in [0.15, 0.2) is 5.65 Å². The van der Waals surface area contributed by atoms with Crippen molar-refractivity contribution in [2.75, 3.05) is 6.61 Å². The third-order valence-corrected chi connectivity index (χ3v) is 4.14. The number of imidazole rings is 1. The molecule has 108 valence electrons. The minimum Gasteiger partial charge on any atom is -0.357 e. The van der Waals surface area contributed by atoms with Crippen LogP contribution in [-0.2, 0) is 4.74 Å². The van der Waals surface area contributed by atoms with Gasteiger partial charge in [-0.05, 0) is 31.4 Å². The summed E-state index contributed by atoms with van der Waals surface area (Å²) in [6.45, 7) is 0.812. The van der Waals surface area contributed by atoms with Gasteiger partial charge in [-0.25, -0.2) is 9.67 Å². The van der Waals surface area contributed by atoms with E-state index in [0.717, 1.165) is 36.4 Å². The van der Waals surface area contributed by atoms with Crippen LogP contribution in [0.2, 0.25) is 5.02 Å². The average molecular weight is 303 g/mol. The van der Waals surface area contributed by atoms with E-state index in [1.165, 1.54) is 6.42 Å². The summed E-state index contributed by atoms with van der Waals surface area (Å²) in [6.07, 6.45) is 10.9. The quantitative estimate of drug-likeness (QED) is 0.727. The summed E-state index contributed by atoms with van der Waals surface area (Å²) in [5.41, 5.74) is 2.81. The molecule has 1 saturated heterocycles. The number of nitrogens with zero attached hydrogens (tertiary/aromatic N) is 4. The molecule has 1 unspecified atom stereocenters. The highest BCUT2D eigenvalue weighted by Gasteiger charge is 2.17. The first-order valence-corrected chi connectivity index (χ1v) is 7.48. The van der Waals surface area contributed by atoms with Gasteiger partial charge >= 0.3 is 0 Å². The summed E-state index contributed by atoms with van der Waals surface area (Å²) < 4.78 is 9.65. The summed E-state index contributed by atoms with van der Waals surface area (Å²) in [5.74, 6) is 0. The molecule has 1 atom stereocenters. The van der Waals surface area contributed by atoms with Gasteiger partial charge in [-0.1, -0.05) is 11.6 Å². The molecule has 0 aromatic carbocycles. The van der Waals surface area contributed by atoms with E-state index in [0.29, 0.717) is 5.02 Å². The van der Waals surface area contributed by atoms with Gasteiger partial charge in [-0.3, -0.25) is 4.40 Å². The molecular formula is C15H15ClN4O. The Labute approximate surface area is 127 Å². The molecule has 0 radical (unpaired) electrons.